The van der Waals surface area contributed by atoms with Crippen molar-refractivity contribution in [3.8, 4) is 5.75 Å². The minimum atomic E-state index is -1.10. The van der Waals surface area contributed by atoms with Gasteiger partial charge in [-0.2, -0.15) is 0 Å². The molecule has 3 rings (SSSR count). The molecule has 1 heterocycles. The molecule has 0 spiro atoms. The van der Waals surface area contributed by atoms with E-state index >= 15 is 0 Å². The number of carbonyl (C=O) groups is 2. The second-order valence-corrected chi connectivity index (χ2v) is 6.67. The maximum Gasteiger partial charge on any atom is 0.251 e. The lowest BCUT2D eigenvalue weighted by Gasteiger charge is -2.30. The average molecular weight is 402 g/mol. The summed E-state index contributed by atoms with van der Waals surface area (Å²) in [6, 6.07) is 12.2. The lowest BCUT2D eigenvalue weighted by molar-refractivity contribution is -0.130. The minimum Gasteiger partial charge on any atom is -0.495 e. The van der Waals surface area contributed by atoms with Crippen LogP contribution in [-0.4, -0.2) is 30.3 Å². The summed E-state index contributed by atoms with van der Waals surface area (Å²) in [5.41, 5.74) is 2.13. The van der Waals surface area contributed by atoms with Gasteiger partial charge in [0.2, 0.25) is 5.91 Å². The Morgan fingerprint density at radius 3 is 2.56 bits per heavy atom. The maximum absolute atomic E-state index is 12.9. The van der Waals surface area contributed by atoms with Crippen LogP contribution in [0, 0.1) is 12.8 Å². The van der Waals surface area contributed by atoms with Gasteiger partial charge in [-0.3, -0.25) is 19.5 Å². The fraction of sp³-hybridized carbons (Fsp3) is 0.158. The normalized spacial score (nSPS) is 17.4. The first-order valence-corrected chi connectivity index (χ1v) is 8.82. The summed E-state index contributed by atoms with van der Waals surface area (Å²) in [5.74, 6) is -1.57. The SMILES string of the molecule is COc1ccc(N=C[C@H]2C(=O)NC(=S)N(c3ccc(C)cc3)C2=O)cc1Cl. The number of carbonyl (C=O) groups excluding carboxylic acids is 2. The molecule has 0 unspecified atom stereocenters. The summed E-state index contributed by atoms with van der Waals surface area (Å²) >= 11 is 11.2. The van der Waals surface area contributed by atoms with Crippen molar-refractivity contribution in [2.45, 2.75) is 6.92 Å². The number of aryl methyl sites for hydroxylation is 1. The van der Waals surface area contributed by atoms with E-state index in [4.69, 9.17) is 28.6 Å². The predicted molar refractivity (Wildman–Crippen MR) is 109 cm³/mol. The van der Waals surface area contributed by atoms with Crippen molar-refractivity contribution in [1.29, 1.82) is 0 Å². The number of nitrogens with zero attached hydrogens (tertiary/aromatic N) is 2. The quantitative estimate of drug-likeness (QED) is 0.484. The molecule has 2 aromatic carbocycles. The number of nitrogens with one attached hydrogen (secondary N) is 1. The molecule has 1 aliphatic rings. The van der Waals surface area contributed by atoms with Crippen LogP contribution >= 0.6 is 23.8 Å². The lowest BCUT2D eigenvalue weighted by Crippen LogP contribution is -2.58. The Hall–Kier alpha value is -2.77. The van der Waals surface area contributed by atoms with E-state index in [2.05, 4.69) is 10.3 Å². The van der Waals surface area contributed by atoms with E-state index in [1.165, 1.54) is 18.2 Å². The standard InChI is InChI=1S/C19H16ClN3O3S/c1-11-3-6-13(7-4-11)23-18(25)14(17(24)22-19(23)27)10-21-12-5-8-16(26-2)15(20)9-12/h3-10,14H,1-2H3,(H,22,24,27)/t14-/m0/s1. The lowest BCUT2D eigenvalue weighted by atomic mass is 10.1. The number of ether oxygens (including phenoxy) is 1. The second kappa shape index (κ2) is 7.85. The number of aliphatic imine (C=N–C) groups is 1. The summed E-state index contributed by atoms with van der Waals surface area (Å²) in [7, 11) is 1.51. The molecule has 2 amide bonds. The Morgan fingerprint density at radius 2 is 1.93 bits per heavy atom. The number of rotatable bonds is 4. The summed E-state index contributed by atoms with van der Waals surface area (Å²) in [6.45, 7) is 1.94. The van der Waals surface area contributed by atoms with E-state index in [-0.39, 0.29) is 5.11 Å². The van der Waals surface area contributed by atoms with E-state index in [1.54, 1.807) is 30.3 Å². The third-order valence-corrected chi connectivity index (χ3v) is 4.58. The van der Waals surface area contributed by atoms with Crippen molar-refractivity contribution in [1.82, 2.24) is 5.32 Å². The highest BCUT2D eigenvalue weighted by molar-refractivity contribution is 7.80. The van der Waals surface area contributed by atoms with E-state index in [1.807, 2.05) is 19.1 Å². The van der Waals surface area contributed by atoms with Gasteiger partial charge in [0.15, 0.2) is 11.0 Å². The van der Waals surface area contributed by atoms with Gasteiger partial charge in [-0.15, -0.1) is 0 Å². The third-order valence-electron chi connectivity index (χ3n) is 4.00. The number of halogens is 1. The zero-order chi connectivity index (χ0) is 19.6. The number of methoxy groups -OCH3 is 1. The number of hydrogen-bond acceptors (Lipinski definition) is 5. The van der Waals surface area contributed by atoms with Crippen LogP contribution in [0.4, 0.5) is 11.4 Å². The first-order chi connectivity index (χ1) is 12.9. The summed E-state index contributed by atoms with van der Waals surface area (Å²) in [5, 5.41) is 2.98. The molecule has 1 aliphatic heterocycles. The van der Waals surface area contributed by atoms with Gasteiger partial charge in [-0.1, -0.05) is 29.3 Å². The van der Waals surface area contributed by atoms with Crippen molar-refractivity contribution in [2.75, 3.05) is 12.0 Å². The number of benzene rings is 2. The maximum atomic E-state index is 12.9. The van der Waals surface area contributed by atoms with Gasteiger partial charge in [0.1, 0.15) is 5.75 Å². The van der Waals surface area contributed by atoms with E-state index in [0.717, 1.165) is 5.56 Å². The Balaban J connectivity index is 1.87. The van der Waals surface area contributed by atoms with Crippen molar-refractivity contribution in [3.63, 3.8) is 0 Å². The Labute approximate surface area is 166 Å². The highest BCUT2D eigenvalue weighted by Gasteiger charge is 2.38. The highest BCUT2D eigenvalue weighted by atomic mass is 35.5. The van der Waals surface area contributed by atoms with Crippen molar-refractivity contribution >= 4 is 58.3 Å². The predicted octanol–water partition coefficient (Wildman–Crippen LogP) is 3.42. The van der Waals surface area contributed by atoms with Gasteiger partial charge in [0.05, 0.1) is 23.5 Å². The van der Waals surface area contributed by atoms with Gasteiger partial charge in [-0.05, 0) is 49.5 Å². The molecule has 6 nitrogen and oxygen atoms in total. The topological polar surface area (TPSA) is 71.0 Å². The van der Waals surface area contributed by atoms with Gasteiger partial charge >= 0.3 is 0 Å². The fourth-order valence-corrected chi connectivity index (χ4v) is 3.10. The van der Waals surface area contributed by atoms with Gasteiger partial charge in [-0.25, -0.2) is 0 Å². The molecule has 8 heteroatoms. The van der Waals surface area contributed by atoms with Gasteiger partial charge in [0.25, 0.3) is 5.91 Å². The molecule has 1 atom stereocenters. The molecular weight excluding hydrogens is 386 g/mol. The van der Waals surface area contributed by atoms with Crippen LogP contribution in [0.15, 0.2) is 47.5 Å². The molecule has 27 heavy (non-hydrogen) atoms. The van der Waals surface area contributed by atoms with Crippen LogP contribution < -0.4 is 15.0 Å². The van der Waals surface area contributed by atoms with Crippen LogP contribution in [0.5, 0.6) is 5.75 Å². The zero-order valence-electron chi connectivity index (χ0n) is 14.6. The third kappa shape index (κ3) is 3.99. The van der Waals surface area contributed by atoms with Gasteiger partial charge in [0, 0.05) is 6.21 Å². The molecule has 0 aliphatic carbocycles. The summed E-state index contributed by atoms with van der Waals surface area (Å²) in [6.07, 6.45) is 1.29. The Morgan fingerprint density at radius 1 is 1.22 bits per heavy atom. The molecular formula is C19H16ClN3O3S. The molecule has 0 radical (unpaired) electrons. The van der Waals surface area contributed by atoms with Crippen molar-refractivity contribution in [3.05, 3.63) is 53.1 Å². The molecule has 0 saturated carbocycles. The summed E-state index contributed by atoms with van der Waals surface area (Å²) in [4.78, 5) is 30.6. The van der Waals surface area contributed by atoms with Crippen molar-refractivity contribution in [2.24, 2.45) is 10.9 Å². The summed E-state index contributed by atoms with van der Waals surface area (Å²) < 4.78 is 5.09. The first-order valence-electron chi connectivity index (χ1n) is 8.04. The van der Waals surface area contributed by atoms with Crippen molar-refractivity contribution < 1.29 is 14.3 Å². The molecule has 1 fully saturated rings. The number of amides is 2. The van der Waals surface area contributed by atoms with Crippen LogP contribution in [0.25, 0.3) is 0 Å². The molecule has 0 aromatic heterocycles. The fourth-order valence-electron chi connectivity index (χ4n) is 2.56. The smallest absolute Gasteiger partial charge is 0.251 e. The van der Waals surface area contributed by atoms with Crippen LogP contribution in [0.3, 0.4) is 0 Å². The van der Waals surface area contributed by atoms with E-state index < -0.39 is 17.7 Å². The van der Waals surface area contributed by atoms with E-state index in [9.17, 15) is 9.59 Å². The highest BCUT2D eigenvalue weighted by Crippen LogP contribution is 2.29. The second-order valence-electron chi connectivity index (χ2n) is 5.88. The largest absolute Gasteiger partial charge is 0.495 e. The molecule has 2 aromatic rings. The number of hydrogen-bond donors (Lipinski definition) is 1. The average Bonchev–Trinajstić information content (AvgIpc) is 2.63. The number of anilines is 1. The van der Waals surface area contributed by atoms with Crippen LogP contribution in [0.1, 0.15) is 5.56 Å². The first kappa shape index (κ1) is 19.0. The Kier molecular flexibility index (Phi) is 5.53. The monoisotopic (exact) mass is 401 g/mol. The zero-order valence-corrected chi connectivity index (χ0v) is 16.2. The molecule has 138 valence electrons. The van der Waals surface area contributed by atoms with E-state index in [0.29, 0.717) is 22.1 Å². The van der Waals surface area contributed by atoms with Crippen LogP contribution in [-0.2, 0) is 9.59 Å². The Bertz CT molecular complexity index is 944. The molecule has 0 bridgehead atoms. The number of thiocarbonyl (C=S) groups is 1. The van der Waals surface area contributed by atoms with Crippen LogP contribution in [0.2, 0.25) is 5.02 Å². The molecule has 1 saturated heterocycles. The van der Waals surface area contributed by atoms with Gasteiger partial charge < -0.3 is 10.1 Å². The minimum absolute atomic E-state index is 0.0472. The molecule has 1 N–H and O–H groups in total.